The molecule has 3 rings (SSSR count). The van der Waals surface area contributed by atoms with E-state index >= 15 is 0 Å². The number of aromatic nitrogens is 2. The second kappa shape index (κ2) is 7.65. The van der Waals surface area contributed by atoms with Gasteiger partial charge >= 0.3 is 0 Å². The van der Waals surface area contributed by atoms with Crippen molar-refractivity contribution in [2.24, 2.45) is 5.16 Å². The summed E-state index contributed by atoms with van der Waals surface area (Å²) in [6.45, 7) is 0.745. The van der Waals surface area contributed by atoms with Gasteiger partial charge in [0, 0.05) is 37.5 Å². The number of amides is 1. The molecule has 0 aliphatic carbocycles. The lowest BCUT2D eigenvalue weighted by Gasteiger charge is -2.10. The number of halogens is 2. The van der Waals surface area contributed by atoms with Gasteiger partial charge in [-0.15, -0.1) is 0 Å². The second-order valence-electron chi connectivity index (χ2n) is 5.25. The molecule has 25 heavy (non-hydrogen) atoms. The van der Waals surface area contributed by atoms with Crippen LogP contribution in [0.4, 0.5) is 14.7 Å². The predicted octanol–water partition coefficient (Wildman–Crippen LogP) is 1.48. The van der Waals surface area contributed by atoms with Gasteiger partial charge in [-0.2, -0.15) is 0 Å². The van der Waals surface area contributed by atoms with Crippen LogP contribution in [0.3, 0.4) is 0 Å². The Morgan fingerprint density at radius 3 is 2.84 bits per heavy atom. The lowest BCUT2D eigenvalue weighted by atomic mass is 10.0. The van der Waals surface area contributed by atoms with Crippen LogP contribution < -0.4 is 10.6 Å². The molecule has 2 N–H and O–H groups in total. The van der Waals surface area contributed by atoms with Crippen LogP contribution >= 0.6 is 0 Å². The molecule has 0 radical (unpaired) electrons. The summed E-state index contributed by atoms with van der Waals surface area (Å²) < 4.78 is 27.0. The molecule has 0 fully saturated rings. The summed E-state index contributed by atoms with van der Waals surface area (Å²) in [6, 6.07) is 4.76. The van der Waals surface area contributed by atoms with E-state index in [9.17, 15) is 13.6 Å². The first kappa shape index (κ1) is 16.7. The molecule has 1 aliphatic heterocycles. The van der Waals surface area contributed by atoms with Crippen LogP contribution in [0.5, 0.6) is 0 Å². The first-order valence-corrected chi connectivity index (χ1v) is 7.60. The van der Waals surface area contributed by atoms with Crippen molar-refractivity contribution in [2.75, 3.05) is 18.4 Å². The molecule has 7 nitrogen and oxygen atoms in total. The Bertz CT molecular complexity index is 785. The average molecular weight is 347 g/mol. The highest BCUT2D eigenvalue weighted by Gasteiger charge is 2.30. The van der Waals surface area contributed by atoms with Crippen molar-refractivity contribution in [3.63, 3.8) is 0 Å². The smallest absolute Gasteiger partial charge is 0.264 e. The fourth-order valence-electron chi connectivity index (χ4n) is 2.26. The number of rotatable bonds is 6. The minimum Gasteiger partial charge on any atom is -0.382 e. The number of anilines is 1. The van der Waals surface area contributed by atoms with Gasteiger partial charge < -0.3 is 15.5 Å². The highest BCUT2D eigenvalue weighted by Crippen LogP contribution is 2.20. The summed E-state index contributed by atoms with van der Waals surface area (Å²) in [5, 5.41) is 9.31. The maximum absolute atomic E-state index is 13.7. The number of carbonyl (C=O) groups excluding carboxylic acids is 1. The van der Waals surface area contributed by atoms with Crippen LogP contribution in [-0.4, -0.2) is 40.8 Å². The van der Waals surface area contributed by atoms with E-state index in [0.717, 1.165) is 18.2 Å². The van der Waals surface area contributed by atoms with Crippen LogP contribution in [0.15, 0.2) is 41.8 Å². The van der Waals surface area contributed by atoms with Crippen molar-refractivity contribution >= 4 is 17.6 Å². The minimum atomic E-state index is -0.870. The van der Waals surface area contributed by atoms with Gasteiger partial charge in [-0.25, -0.2) is 18.7 Å². The van der Waals surface area contributed by atoms with Gasteiger partial charge in [0.05, 0.1) is 5.71 Å². The molecule has 1 unspecified atom stereocenters. The molecule has 2 aromatic rings. The SMILES string of the molecule is O=C(NCCNc1ncccn1)C1CC(c2cc(F)ccc2F)=NO1. The van der Waals surface area contributed by atoms with Crippen LogP contribution in [0.25, 0.3) is 0 Å². The normalized spacial score (nSPS) is 16.1. The van der Waals surface area contributed by atoms with E-state index in [1.165, 1.54) is 0 Å². The fourth-order valence-corrected chi connectivity index (χ4v) is 2.26. The maximum atomic E-state index is 13.7. The Kier molecular flexibility index (Phi) is 5.12. The molecule has 0 saturated carbocycles. The van der Waals surface area contributed by atoms with Gasteiger partial charge in [0.1, 0.15) is 11.6 Å². The summed E-state index contributed by atoms with van der Waals surface area (Å²) in [4.78, 5) is 25.1. The fraction of sp³-hybridized carbons (Fsp3) is 0.250. The van der Waals surface area contributed by atoms with Crippen molar-refractivity contribution in [2.45, 2.75) is 12.5 Å². The van der Waals surface area contributed by atoms with Crippen LogP contribution in [-0.2, 0) is 9.63 Å². The van der Waals surface area contributed by atoms with Gasteiger partial charge in [-0.1, -0.05) is 5.16 Å². The Morgan fingerprint density at radius 1 is 1.24 bits per heavy atom. The molecule has 0 spiro atoms. The van der Waals surface area contributed by atoms with Gasteiger partial charge in [0.25, 0.3) is 5.91 Å². The topological polar surface area (TPSA) is 88.5 Å². The van der Waals surface area contributed by atoms with Crippen molar-refractivity contribution in [3.8, 4) is 0 Å². The molecule has 1 amide bonds. The lowest BCUT2D eigenvalue weighted by Crippen LogP contribution is -2.37. The molecular weight excluding hydrogens is 332 g/mol. The van der Waals surface area contributed by atoms with E-state index in [2.05, 4.69) is 25.8 Å². The summed E-state index contributed by atoms with van der Waals surface area (Å²) >= 11 is 0. The maximum Gasteiger partial charge on any atom is 0.264 e. The second-order valence-corrected chi connectivity index (χ2v) is 5.25. The highest BCUT2D eigenvalue weighted by atomic mass is 19.1. The van der Waals surface area contributed by atoms with Crippen molar-refractivity contribution in [3.05, 3.63) is 53.9 Å². The van der Waals surface area contributed by atoms with E-state index < -0.39 is 17.7 Å². The molecule has 130 valence electrons. The van der Waals surface area contributed by atoms with Gasteiger partial charge in [-0.05, 0) is 24.3 Å². The van der Waals surface area contributed by atoms with Crippen molar-refractivity contribution in [1.82, 2.24) is 15.3 Å². The number of hydrogen-bond acceptors (Lipinski definition) is 6. The third kappa shape index (κ3) is 4.25. The van der Waals surface area contributed by atoms with Gasteiger partial charge in [-0.3, -0.25) is 4.79 Å². The molecule has 1 aromatic heterocycles. The Hall–Kier alpha value is -3.10. The highest BCUT2D eigenvalue weighted by molar-refractivity contribution is 6.04. The molecule has 0 saturated heterocycles. The summed E-state index contributed by atoms with van der Waals surface area (Å²) in [5.74, 6) is -1.12. The van der Waals surface area contributed by atoms with Crippen molar-refractivity contribution in [1.29, 1.82) is 0 Å². The molecule has 2 heterocycles. The number of nitrogens with one attached hydrogen (secondary N) is 2. The van der Waals surface area contributed by atoms with Crippen LogP contribution in [0, 0.1) is 11.6 Å². The van der Waals surface area contributed by atoms with E-state index in [0.29, 0.717) is 19.0 Å². The molecule has 9 heteroatoms. The van der Waals surface area contributed by atoms with E-state index in [1.807, 2.05) is 0 Å². The van der Waals surface area contributed by atoms with E-state index in [-0.39, 0.29) is 23.6 Å². The van der Waals surface area contributed by atoms with E-state index in [4.69, 9.17) is 4.84 Å². The zero-order valence-corrected chi connectivity index (χ0v) is 13.1. The molecule has 1 aromatic carbocycles. The third-order valence-corrected chi connectivity index (χ3v) is 3.47. The monoisotopic (exact) mass is 347 g/mol. The summed E-state index contributed by atoms with van der Waals surface area (Å²) in [6.07, 6.45) is 2.40. The summed E-state index contributed by atoms with van der Waals surface area (Å²) in [5.41, 5.74) is 0.200. The molecule has 1 aliphatic rings. The predicted molar refractivity (Wildman–Crippen MR) is 85.9 cm³/mol. The zero-order valence-electron chi connectivity index (χ0n) is 13.1. The number of benzene rings is 1. The number of carbonyl (C=O) groups is 1. The largest absolute Gasteiger partial charge is 0.382 e. The van der Waals surface area contributed by atoms with E-state index in [1.54, 1.807) is 18.5 Å². The molecular formula is C16H15F2N5O2. The first-order valence-electron chi connectivity index (χ1n) is 7.60. The zero-order chi connectivity index (χ0) is 17.6. The molecule has 0 bridgehead atoms. The minimum absolute atomic E-state index is 0.00167. The Morgan fingerprint density at radius 2 is 2.04 bits per heavy atom. The Labute approximate surface area is 142 Å². The number of oxime groups is 1. The van der Waals surface area contributed by atoms with Crippen LogP contribution in [0.1, 0.15) is 12.0 Å². The lowest BCUT2D eigenvalue weighted by molar-refractivity contribution is -0.131. The van der Waals surface area contributed by atoms with Gasteiger partial charge in [0.15, 0.2) is 0 Å². The quantitative estimate of drug-likeness (QED) is 0.773. The van der Waals surface area contributed by atoms with Crippen molar-refractivity contribution < 1.29 is 18.4 Å². The summed E-state index contributed by atoms with van der Waals surface area (Å²) in [7, 11) is 0. The first-order chi connectivity index (χ1) is 12.1. The van der Waals surface area contributed by atoms with Crippen LogP contribution in [0.2, 0.25) is 0 Å². The third-order valence-electron chi connectivity index (χ3n) is 3.47. The van der Waals surface area contributed by atoms with Gasteiger partial charge in [0.2, 0.25) is 12.1 Å². The number of nitrogens with zero attached hydrogens (tertiary/aromatic N) is 3. The Balaban J connectivity index is 1.46. The standard InChI is InChI=1S/C16H15F2N5O2/c17-10-2-3-12(18)11(8-10)13-9-14(25-23-13)15(24)19-6-7-22-16-20-4-1-5-21-16/h1-5,8,14H,6-7,9H2,(H,19,24)(H,20,21,22). The average Bonchev–Trinajstić information content (AvgIpc) is 3.11. The number of hydrogen-bond donors (Lipinski definition) is 2. The molecule has 1 atom stereocenters.